The van der Waals surface area contributed by atoms with E-state index in [4.69, 9.17) is 4.74 Å². The molecule has 0 fully saturated rings. The van der Waals surface area contributed by atoms with Crippen molar-refractivity contribution in [3.05, 3.63) is 48.0 Å². The normalized spacial score (nSPS) is 12.3. The Labute approximate surface area is 108 Å². The molecule has 94 valence electrons. The summed E-state index contributed by atoms with van der Waals surface area (Å²) in [6.45, 7) is 4.02. The molecule has 0 aromatic heterocycles. The molecule has 0 saturated carbocycles. The van der Waals surface area contributed by atoms with Gasteiger partial charge in [0.15, 0.2) is 0 Å². The van der Waals surface area contributed by atoms with E-state index in [0.29, 0.717) is 5.56 Å². The van der Waals surface area contributed by atoms with Crippen molar-refractivity contribution in [2.75, 3.05) is 0 Å². The van der Waals surface area contributed by atoms with Gasteiger partial charge in [-0.1, -0.05) is 43.7 Å². The molecule has 0 amide bonds. The monoisotopic (exact) mass is 242 g/mol. The van der Waals surface area contributed by atoms with Gasteiger partial charge in [-0.05, 0) is 36.2 Å². The number of rotatable bonds is 4. The van der Waals surface area contributed by atoms with Crippen LogP contribution >= 0.6 is 0 Å². The van der Waals surface area contributed by atoms with Gasteiger partial charge >= 0.3 is 5.97 Å². The van der Waals surface area contributed by atoms with Gasteiger partial charge in [-0.15, -0.1) is 0 Å². The molecule has 0 spiro atoms. The second-order valence-corrected chi connectivity index (χ2v) is 4.57. The Morgan fingerprint density at radius 1 is 1.17 bits per heavy atom. The predicted octanol–water partition coefficient (Wildman–Crippen LogP) is 4.19. The van der Waals surface area contributed by atoms with E-state index in [2.05, 4.69) is 6.92 Å². The molecule has 0 heterocycles. The Morgan fingerprint density at radius 3 is 2.61 bits per heavy atom. The van der Waals surface area contributed by atoms with Crippen LogP contribution in [0.4, 0.5) is 0 Å². The molecule has 0 radical (unpaired) electrons. The molecule has 0 N–H and O–H groups in total. The number of esters is 1. The van der Waals surface area contributed by atoms with Crippen molar-refractivity contribution in [2.24, 2.45) is 0 Å². The maximum atomic E-state index is 12.0. The number of ether oxygens (including phenoxy) is 1. The van der Waals surface area contributed by atoms with E-state index in [0.717, 1.165) is 23.6 Å². The van der Waals surface area contributed by atoms with Crippen molar-refractivity contribution in [3.63, 3.8) is 0 Å². The van der Waals surface area contributed by atoms with E-state index in [1.165, 1.54) is 0 Å². The van der Waals surface area contributed by atoms with Gasteiger partial charge in [-0.3, -0.25) is 0 Å². The topological polar surface area (TPSA) is 26.3 Å². The summed E-state index contributed by atoms with van der Waals surface area (Å²) in [4.78, 5) is 12.0. The van der Waals surface area contributed by atoms with E-state index < -0.39 is 0 Å². The van der Waals surface area contributed by atoms with Crippen LogP contribution in [-0.2, 0) is 4.74 Å². The van der Waals surface area contributed by atoms with Gasteiger partial charge in [0.25, 0.3) is 0 Å². The first-order valence-electron chi connectivity index (χ1n) is 6.40. The molecule has 0 aliphatic rings. The quantitative estimate of drug-likeness (QED) is 0.751. The van der Waals surface area contributed by atoms with Gasteiger partial charge in [0.2, 0.25) is 0 Å². The number of hydrogen-bond acceptors (Lipinski definition) is 2. The minimum absolute atomic E-state index is 0.0195. The first-order valence-corrected chi connectivity index (χ1v) is 6.40. The average molecular weight is 242 g/mol. The molecule has 2 rings (SSSR count). The van der Waals surface area contributed by atoms with Crippen molar-refractivity contribution in [2.45, 2.75) is 32.8 Å². The summed E-state index contributed by atoms with van der Waals surface area (Å²) in [5, 5.41) is 2.20. The Hall–Kier alpha value is -1.83. The SMILES string of the molecule is CCCC(C)OC(=O)c1ccc2ccccc2c1. The Bertz CT molecular complexity index is 546. The lowest BCUT2D eigenvalue weighted by molar-refractivity contribution is 0.0323. The zero-order valence-electron chi connectivity index (χ0n) is 10.8. The molecule has 1 atom stereocenters. The molecule has 18 heavy (non-hydrogen) atoms. The summed E-state index contributed by atoms with van der Waals surface area (Å²) in [7, 11) is 0. The van der Waals surface area contributed by atoms with E-state index in [9.17, 15) is 4.79 Å². The molecule has 0 aliphatic heterocycles. The number of carbonyl (C=O) groups is 1. The van der Waals surface area contributed by atoms with Crippen molar-refractivity contribution in [3.8, 4) is 0 Å². The van der Waals surface area contributed by atoms with E-state index in [-0.39, 0.29) is 12.1 Å². The first kappa shape index (κ1) is 12.6. The second kappa shape index (κ2) is 5.67. The maximum Gasteiger partial charge on any atom is 0.338 e. The van der Waals surface area contributed by atoms with E-state index in [1.807, 2.05) is 49.4 Å². The fraction of sp³-hybridized carbons (Fsp3) is 0.312. The third kappa shape index (κ3) is 2.89. The number of benzene rings is 2. The highest BCUT2D eigenvalue weighted by Crippen LogP contribution is 2.17. The van der Waals surface area contributed by atoms with Crippen LogP contribution in [0.15, 0.2) is 42.5 Å². The van der Waals surface area contributed by atoms with Crippen LogP contribution in [0, 0.1) is 0 Å². The highest BCUT2D eigenvalue weighted by molar-refractivity contribution is 5.95. The molecule has 0 aliphatic carbocycles. The van der Waals surface area contributed by atoms with Gasteiger partial charge in [-0.25, -0.2) is 4.79 Å². The van der Waals surface area contributed by atoms with Gasteiger partial charge < -0.3 is 4.74 Å². The Kier molecular flexibility index (Phi) is 3.98. The van der Waals surface area contributed by atoms with Crippen LogP contribution < -0.4 is 0 Å². The summed E-state index contributed by atoms with van der Waals surface area (Å²) < 4.78 is 5.39. The van der Waals surface area contributed by atoms with Crippen LogP contribution in [0.3, 0.4) is 0 Å². The largest absolute Gasteiger partial charge is 0.459 e. The van der Waals surface area contributed by atoms with E-state index >= 15 is 0 Å². The van der Waals surface area contributed by atoms with Crippen LogP contribution in [0.5, 0.6) is 0 Å². The van der Waals surface area contributed by atoms with Gasteiger partial charge in [0, 0.05) is 0 Å². The molecule has 1 unspecified atom stereocenters. The standard InChI is InChI=1S/C16H18O2/c1-3-6-12(2)18-16(17)15-10-9-13-7-4-5-8-14(13)11-15/h4-5,7-12H,3,6H2,1-2H3. The predicted molar refractivity (Wildman–Crippen MR) is 73.7 cm³/mol. The number of hydrogen-bond donors (Lipinski definition) is 0. The summed E-state index contributed by atoms with van der Waals surface area (Å²) in [5.74, 6) is -0.235. The summed E-state index contributed by atoms with van der Waals surface area (Å²) in [5.41, 5.74) is 0.622. The molecule has 2 aromatic rings. The summed E-state index contributed by atoms with van der Waals surface area (Å²) >= 11 is 0. The minimum atomic E-state index is -0.235. The van der Waals surface area contributed by atoms with Crippen molar-refractivity contribution >= 4 is 16.7 Å². The zero-order chi connectivity index (χ0) is 13.0. The summed E-state index contributed by atoms with van der Waals surface area (Å²) in [6.07, 6.45) is 1.90. The molecule has 0 bridgehead atoms. The lowest BCUT2D eigenvalue weighted by Gasteiger charge is -2.12. The fourth-order valence-corrected chi connectivity index (χ4v) is 2.03. The van der Waals surface area contributed by atoms with Crippen molar-refractivity contribution < 1.29 is 9.53 Å². The van der Waals surface area contributed by atoms with Crippen LogP contribution in [-0.4, -0.2) is 12.1 Å². The fourth-order valence-electron chi connectivity index (χ4n) is 2.03. The van der Waals surface area contributed by atoms with Crippen LogP contribution in [0.25, 0.3) is 10.8 Å². The van der Waals surface area contributed by atoms with Crippen LogP contribution in [0.2, 0.25) is 0 Å². The summed E-state index contributed by atoms with van der Waals surface area (Å²) in [6, 6.07) is 13.7. The smallest absolute Gasteiger partial charge is 0.338 e. The van der Waals surface area contributed by atoms with Crippen molar-refractivity contribution in [1.29, 1.82) is 0 Å². The molecular weight excluding hydrogens is 224 g/mol. The minimum Gasteiger partial charge on any atom is -0.459 e. The van der Waals surface area contributed by atoms with Gasteiger partial charge in [-0.2, -0.15) is 0 Å². The lowest BCUT2D eigenvalue weighted by Crippen LogP contribution is -2.14. The molecule has 0 saturated heterocycles. The maximum absolute atomic E-state index is 12.0. The molecular formula is C16H18O2. The lowest BCUT2D eigenvalue weighted by atomic mass is 10.1. The highest BCUT2D eigenvalue weighted by atomic mass is 16.5. The van der Waals surface area contributed by atoms with Gasteiger partial charge in [0.05, 0.1) is 11.7 Å². The third-order valence-electron chi connectivity index (χ3n) is 2.99. The van der Waals surface area contributed by atoms with Crippen molar-refractivity contribution in [1.82, 2.24) is 0 Å². The highest BCUT2D eigenvalue weighted by Gasteiger charge is 2.11. The Balaban J connectivity index is 2.17. The first-order chi connectivity index (χ1) is 8.70. The molecule has 2 aromatic carbocycles. The van der Waals surface area contributed by atoms with Crippen LogP contribution in [0.1, 0.15) is 37.0 Å². The van der Waals surface area contributed by atoms with E-state index in [1.54, 1.807) is 0 Å². The second-order valence-electron chi connectivity index (χ2n) is 4.57. The Morgan fingerprint density at radius 2 is 1.89 bits per heavy atom. The zero-order valence-corrected chi connectivity index (χ0v) is 10.8. The number of carbonyl (C=O) groups excluding carboxylic acids is 1. The average Bonchev–Trinajstić information content (AvgIpc) is 2.38. The molecule has 2 nitrogen and oxygen atoms in total. The molecule has 2 heteroatoms. The number of fused-ring (bicyclic) bond motifs is 1. The third-order valence-corrected chi connectivity index (χ3v) is 2.99. The van der Waals surface area contributed by atoms with Gasteiger partial charge in [0.1, 0.15) is 0 Å².